The Bertz CT molecular complexity index is 786. The van der Waals surface area contributed by atoms with Crippen molar-refractivity contribution in [2.75, 3.05) is 13.1 Å². The van der Waals surface area contributed by atoms with Crippen molar-refractivity contribution >= 4 is 40.0 Å². The molecule has 0 aliphatic rings. The van der Waals surface area contributed by atoms with Crippen LogP contribution < -0.4 is 15.4 Å². The van der Waals surface area contributed by atoms with Crippen LogP contribution in [0, 0.1) is 0 Å². The molecule has 0 unspecified atom stereocenters. The molecular weight excluding hydrogens is 527 g/mol. The van der Waals surface area contributed by atoms with Gasteiger partial charge in [-0.3, -0.25) is 0 Å². The van der Waals surface area contributed by atoms with Crippen LogP contribution in [-0.4, -0.2) is 43.7 Å². The Kier molecular flexibility index (Phi) is 13.2. The Balaban J connectivity index is 0.00000900. The molecule has 0 aromatic heterocycles. The van der Waals surface area contributed by atoms with Gasteiger partial charge in [0.1, 0.15) is 0 Å². The van der Waals surface area contributed by atoms with Gasteiger partial charge in [0, 0.05) is 18.6 Å². The van der Waals surface area contributed by atoms with Crippen LogP contribution in [0.4, 0.5) is 0 Å². The number of guanidine groups is 1. The minimum Gasteiger partial charge on any atom is -0.388 e. The summed E-state index contributed by atoms with van der Waals surface area (Å²) in [6.07, 6.45) is 3.23. The molecule has 0 heterocycles. The number of aliphatic imine (C=N–C) groups is 1. The lowest BCUT2D eigenvalue weighted by molar-refractivity contribution is 0.0257. The molecule has 0 atom stereocenters. The van der Waals surface area contributed by atoms with Crippen LogP contribution in [0.15, 0.2) is 34.2 Å². The van der Waals surface area contributed by atoms with Crippen LogP contribution in [0.3, 0.4) is 0 Å². The smallest absolute Gasteiger partial charge is 0.241 e. The summed E-state index contributed by atoms with van der Waals surface area (Å²) in [5.41, 5.74) is -0.740. The van der Waals surface area contributed by atoms with Crippen molar-refractivity contribution in [3.05, 3.63) is 29.8 Å². The molecule has 0 fully saturated rings. The highest BCUT2D eigenvalue weighted by Crippen LogP contribution is 2.20. The minimum absolute atomic E-state index is 0. The summed E-state index contributed by atoms with van der Waals surface area (Å²) in [7, 11) is -3.66. The monoisotopic (exact) mass is 568 g/mol. The van der Waals surface area contributed by atoms with Gasteiger partial charge in [0.05, 0.1) is 17.0 Å². The number of hydrogen-bond acceptors (Lipinski definition) is 4. The molecule has 1 rings (SSSR count). The van der Waals surface area contributed by atoms with E-state index < -0.39 is 21.2 Å². The lowest BCUT2D eigenvalue weighted by Crippen LogP contribution is -2.47. The van der Waals surface area contributed by atoms with E-state index in [-0.39, 0.29) is 35.4 Å². The topological polar surface area (TPSA) is 103 Å². The molecule has 0 amide bonds. The standard InChI is InChI=1S/C22H40N4O3S.HI/c1-7-14-22(27,15-8-2)17-25-20(23-9-3)24-16-18-12-10-11-13-19(18)30(28,29)26-21(4,5)6;/h10-13,26-27H,7-9,14-17H2,1-6H3,(H2,23,24,25);1H. The van der Waals surface area contributed by atoms with E-state index in [0.29, 0.717) is 37.5 Å². The molecule has 0 aliphatic carbocycles. The number of nitrogens with zero attached hydrogens (tertiary/aromatic N) is 1. The Morgan fingerprint density at radius 2 is 1.61 bits per heavy atom. The van der Waals surface area contributed by atoms with Gasteiger partial charge in [-0.1, -0.05) is 44.9 Å². The minimum atomic E-state index is -3.66. The second kappa shape index (κ2) is 13.6. The summed E-state index contributed by atoms with van der Waals surface area (Å²) in [4.78, 5) is 4.80. The van der Waals surface area contributed by atoms with Gasteiger partial charge in [0.2, 0.25) is 10.0 Å². The SMILES string of the molecule is CCCC(O)(CCC)CNC(=NCc1ccccc1S(=O)(=O)NC(C)(C)C)NCC.I. The maximum atomic E-state index is 12.8. The molecule has 7 nitrogen and oxygen atoms in total. The average Bonchev–Trinajstić information content (AvgIpc) is 2.63. The van der Waals surface area contributed by atoms with Crippen molar-refractivity contribution < 1.29 is 13.5 Å². The summed E-state index contributed by atoms with van der Waals surface area (Å²) >= 11 is 0. The lowest BCUT2D eigenvalue weighted by Gasteiger charge is -2.28. The largest absolute Gasteiger partial charge is 0.388 e. The Hall–Kier alpha value is -0.910. The molecule has 1 aromatic carbocycles. The summed E-state index contributed by atoms with van der Waals surface area (Å²) in [6, 6.07) is 6.89. The van der Waals surface area contributed by atoms with Gasteiger partial charge in [0.15, 0.2) is 5.96 Å². The van der Waals surface area contributed by atoms with Crippen LogP contribution in [0.5, 0.6) is 0 Å². The van der Waals surface area contributed by atoms with Gasteiger partial charge >= 0.3 is 0 Å². The average molecular weight is 569 g/mol. The van der Waals surface area contributed by atoms with E-state index >= 15 is 0 Å². The van der Waals surface area contributed by atoms with Crippen LogP contribution in [0.1, 0.15) is 72.8 Å². The van der Waals surface area contributed by atoms with Crippen LogP contribution >= 0.6 is 24.0 Å². The van der Waals surface area contributed by atoms with E-state index in [4.69, 9.17) is 0 Å². The van der Waals surface area contributed by atoms with Gasteiger partial charge in [0.25, 0.3) is 0 Å². The summed E-state index contributed by atoms with van der Waals surface area (Å²) in [6.45, 7) is 12.8. The molecule has 0 spiro atoms. The van der Waals surface area contributed by atoms with E-state index in [2.05, 4.69) is 34.2 Å². The third-order valence-electron chi connectivity index (χ3n) is 4.47. The summed E-state index contributed by atoms with van der Waals surface area (Å²) in [5.74, 6) is 0.555. The van der Waals surface area contributed by atoms with Gasteiger partial charge in [-0.15, -0.1) is 24.0 Å². The highest BCUT2D eigenvalue weighted by atomic mass is 127. The van der Waals surface area contributed by atoms with Gasteiger partial charge in [-0.05, 0) is 52.2 Å². The van der Waals surface area contributed by atoms with Crippen molar-refractivity contribution in [2.45, 2.75) is 89.8 Å². The first-order chi connectivity index (χ1) is 14.0. The molecule has 4 N–H and O–H groups in total. The zero-order chi connectivity index (χ0) is 22.8. The normalized spacial score (nSPS) is 12.9. The van der Waals surface area contributed by atoms with E-state index in [1.165, 1.54) is 0 Å². The molecule has 0 radical (unpaired) electrons. The molecule has 180 valence electrons. The first-order valence-corrected chi connectivity index (χ1v) is 12.3. The number of hydrogen-bond donors (Lipinski definition) is 4. The maximum absolute atomic E-state index is 12.8. The molecule has 0 saturated heterocycles. The van der Waals surface area contributed by atoms with E-state index in [0.717, 1.165) is 12.8 Å². The van der Waals surface area contributed by atoms with Crippen molar-refractivity contribution in [3.8, 4) is 0 Å². The Morgan fingerprint density at radius 3 is 2.13 bits per heavy atom. The zero-order valence-electron chi connectivity index (χ0n) is 19.8. The fourth-order valence-electron chi connectivity index (χ4n) is 3.34. The zero-order valence-corrected chi connectivity index (χ0v) is 22.9. The summed E-state index contributed by atoms with van der Waals surface area (Å²) < 4.78 is 28.3. The third-order valence-corrected chi connectivity index (χ3v) is 6.33. The number of halogens is 1. The predicted molar refractivity (Wildman–Crippen MR) is 140 cm³/mol. The van der Waals surface area contributed by atoms with Gasteiger partial charge in [-0.25, -0.2) is 18.1 Å². The highest BCUT2D eigenvalue weighted by Gasteiger charge is 2.26. The van der Waals surface area contributed by atoms with Crippen molar-refractivity contribution in [1.82, 2.24) is 15.4 Å². The van der Waals surface area contributed by atoms with Crippen LogP contribution in [0.2, 0.25) is 0 Å². The molecular formula is C22H41IN4O3S. The fourth-order valence-corrected chi connectivity index (χ4v) is 4.99. The molecule has 0 saturated carbocycles. The molecule has 9 heteroatoms. The number of aliphatic hydroxyl groups is 1. The third kappa shape index (κ3) is 11.0. The highest BCUT2D eigenvalue weighted by molar-refractivity contribution is 14.0. The molecule has 31 heavy (non-hydrogen) atoms. The Morgan fingerprint density at radius 1 is 1.03 bits per heavy atom. The second-order valence-electron chi connectivity index (χ2n) is 8.74. The Labute approximate surface area is 206 Å². The van der Waals surface area contributed by atoms with Crippen LogP contribution in [-0.2, 0) is 16.6 Å². The van der Waals surface area contributed by atoms with E-state index in [1.54, 1.807) is 18.2 Å². The number of benzene rings is 1. The quantitative estimate of drug-likeness (QED) is 0.185. The molecule has 1 aromatic rings. The second-order valence-corrected chi connectivity index (χ2v) is 10.4. The first kappa shape index (κ1) is 30.1. The van der Waals surface area contributed by atoms with E-state index in [1.807, 2.05) is 33.8 Å². The maximum Gasteiger partial charge on any atom is 0.241 e. The number of nitrogens with one attached hydrogen (secondary N) is 3. The van der Waals surface area contributed by atoms with E-state index in [9.17, 15) is 13.5 Å². The number of sulfonamides is 1. The fraction of sp³-hybridized carbons (Fsp3) is 0.682. The summed E-state index contributed by atoms with van der Waals surface area (Å²) in [5, 5.41) is 17.2. The predicted octanol–water partition coefficient (Wildman–Crippen LogP) is 3.77. The van der Waals surface area contributed by atoms with Gasteiger partial charge < -0.3 is 15.7 Å². The van der Waals surface area contributed by atoms with Crippen molar-refractivity contribution in [3.63, 3.8) is 0 Å². The molecule has 0 aliphatic heterocycles. The molecule has 0 bridgehead atoms. The van der Waals surface area contributed by atoms with Crippen molar-refractivity contribution in [2.24, 2.45) is 4.99 Å². The number of rotatable bonds is 11. The van der Waals surface area contributed by atoms with Gasteiger partial charge in [-0.2, -0.15) is 0 Å². The van der Waals surface area contributed by atoms with Crippen LogP contribution in [0.25, 0.3) is 0 Å². The van der Waals surface area contributed by atoms with Crippen molar-refractivity contribution in [1.29, 1.82) is 0 Å². The first-order valence-electron chi connectivity index (χ1n) is 10.8. The lowest BCUT2D eigenvalue weighted by atomic mass is 9.93.